The molecule has 1 heterocycles. The van der Waals surface area contributed by atoms with Gasteiger partial charge < -0.3 is 5.32 Å². The predicted octanol–water partition coefficient (Wildman–Crippen LogP) is 1.72. The number of nitrogens with one attached hydrogen (secondary N) is 1. The Morgan fingerprint density at radius 1 is 1.44 bits per heavy atom. The molecule has 0 saturated carbocycles. The number of aromatic nitrogens is 1. The van der Waals surface area contributed by atoms with E-state index in [1.165, 1.54) is 4.70 Å². The Kier molecular flexibility index (Phi) is 3.51. The quantitative estimate of drug-likeness (QED) is 0.804. The second kappa shape index (κ2) is 5.07. The van der Waals surface area contributed by atoms with Crippen LogP contribution in [0.1, 0.15) is 13.3 Å². The van der Waals surface area contributed by atoms with Gasteiger partial charge in [0.2, 0.25) is 17.6 Å². The average Bonchev–Trinajstić information content (AvgIpc) is 2.70. The fourth-order valence-electron chi connectivity index (χ4n) is 1.57. The van der Waals surface area contributed by atoms with Gasteiger partial charge in [-0.3, -0.25) is 4.79 Å². The van der Waals surface area contributed by atoms with E-state index in [9.17, 15) is 4.79 Å². The topological polar surface area (TPSA) is 33.0 Å². The van der Waals surface area contributed by atoms with Crippen LogP contribution in [0.4, 0.5) is 0 Å². The minimum Gasteiger partial charge on any atom is -0.351 e. The lowest BCUT2D eigenvalue weighted by atomic mass is 10.3. The molecule has 4 heteroatoms. The zero-order valence-corrected chi connectivity index (χ0v) is 10.1. The minimum absolute atomic E-state index is 0.0791. The van der Waals surface area contributed by atoms with Crippen LogP contribution in [0, 0.1) is 0 Å². The van der Waals surface area contributed by atoms with Crippen molar-refractivity contribution in [2.24, 2.45) is 0 Å². The van der Waals surface area contributed by atoms with Crippen molar-refractivity contribution in [1.82, 2.24) is 5.32 Å². The molecular formula is C12H15N2OS+. The van der Waals surface area contributed by atoms with Crippen LogP contribution in [0.15, 0.2) is 29.8 Å². The Morgan fingerprint density at radius 2 is 2.25 bits per heavy atom. The molecule has 1 aromatic heterocycles. The van der Waals surface area contributed by atoms with Gasteiger partial charge in [-0.15, -0.1) is 0 Å². The minimum atomic E-state index is 0.0791. The highest BCUT2D eigenvalue weighted by atomic mass is 32.1. The highest BCUT2D eigenvalue weighted by molar-refractivity contribution is 7.16. The van der Waals surface area contributed by atoms with E-state index in [2.05, 4.69) is 11.4 Å². The molecule has 0 fully saturated rings. The number of amides is 1. The van der Waals surface area contributed by atoms with Crippen LogP contribution in [0.25, 0.3) is 10.2 Å². The van der Waals surface area contributed by atoms with Gasteiger partial charge in [0.1, 0.15) is 4.70 Å². The monoisotopic (exact) mass is 235 g/mol. The second-order valence-electron chi connectivity index (χ2n) is 3.67. The van der Waals surface area contributed by atoms with Gasteiger partial charge in [-0.2, -0.15) is 4.57 Å². The smallest absolute Gasteiger partial charge is 0.286 e. The SMILES string of the molecule is CCCNC(=O)C[n+]1csc2ccccc21. The fourth-order valence-corrected chi connectivity index (χ4v) is 2.46. The third kappa shape index (κ3) is 2.39. The van der Waals surface area contributed by atoms with Crippen LogP contribution in [0.5, 0.6) is 0 Å². The number of hydrogen-bond donors (Lipinski definition) is 1. The van der Waals surface area contributed by atoms with Crippen molar-refractivity contribution < 1.29 is 9.36 Å². The van der Waals surface area contributed by atoms with Gasteiger partial charge >= 0.3 is 0 Å². The molecular weight excluding hydrogens is 220 g/mol. The van der Waals surface area contributed by atoms with Gasteiger partial charge in [-0.25, -0.2) is 0 Å². The molecule has 0 aliphatic heterocycles. The van der Waals surface area contributed by atoms with Crippen LogP contribution < -0.4 is 9.88 Å². The average molecular weight is 235 g/mol. The number of benzene rings is 1. The van der Waals surface area contributed by atoms with Gasteiger partial charge in [0.05, 0.1) is 0 Å². The Morgan fingerprint density at radius 3 is 3.06 bits per heavy atom. The van der Waals surface area contributed by atoms with Gasteiger partial charge in [-0.05, 0) is 12.5 Å². The van der Waals surface area contributed by atoms with Crippen molar-refractivity contribution in [2.45, 2.75) is 19.9 Å². The summed E-state index contributed by atoms with van der Waals surface area (Å²) in [5.41, 5.74) is 3.12. The molecule has 0 saturated heterocycles. The predicted molar refractivity (Wildman–Crippen MR) is 65.3 cm³/mol. The van der Waals surface area contributed by atoms with E-state index in [1.54, 1.807) is 11.3 Å². The number of carbonyl (C=O) groups is 1. The summed E-state index contributed by atoms with van der Waals surface area (Å²) in [7, 11) is 0. The number of para-hydroxylation sites is 1. The molecule has 0 unspecified atom stereocenters. The molecule has 16 heavy (non-hydrogen) atoms. The fraction of sp³-hybridized carbons (Fsp3) is 0.333. The third-order valence-electron chi connectivity index (χ3n) is 2.37. The summed E-state index contributed by atoms with van der Waals surface area (Å²) < 4.78 is 3.20. The molecule has 2 aromatic rings. The summed E-state index contributed by atoms with van der Waals surface area (Å²) in [6.45, 7) is 3.21. The zero-order chi connectivity index (χ0) is 11.4. The van der Waals surface area contributed by atoms with Crippen molar-refractivity contribution in [2.75, 3.05) is 6.54 Å². The lowest BCUT2D eigenvalue weighted by Crippen LogP contribution is -2.41. The largest absolute Gasteiger partial charge is 0.351 e. The van der Waals surface area contributed by atoms with Gasteiger partial charge in [0.15, 0.2) is 0 Å². The molecule has 1 N–H and O–H groups in total. The second-order valence-corrected chi connectivity index (χ2v) is 4.56. The van der Waals surface area contributed by atoms with E-state index in [1.807, 2.05) is 35.2 Å². The Bertz CT molecular complexity index is 492. The van der Waals surface area contributed by atoms with Crippen LogP contribution in [0.2, 0.25) is 0 Å². The zero-order valence-electron chi connectivity index (χ0n) is 9.27. The van der Waals surface area contributed by atoms with Crippen LogP contribution in [-0.2, 0) is 11.3 Å². The first-order valence-corrected chi connectivity index (χ1v) is 6.31. The highest BCUT2D eigenvalue weighted by Crippen LogP contribution is 2.14. The van der Waals surface area contributed by atoms with E-state index in [0.717, 1.165) is 18.5 Å². The van der Waals surface area contributed by atoms with Crippen molar-refractivity contribution in [3.8, 4) is 0 Å². The molecule has 0 aliphatic carbocycles. The first-order valence-electron chi connectivity index (χ1n) is 5.43. The molecule has 0 radical (unpaired) electrons. The summed E-state index contributed by atoms with van der Waals surface area (Å²) in [5, 5.41) is 2.88. The number of hydrogen-bond acceptors (Lipinski definition) is 2. The van der Waals surface area contributed by atoms with E-state index in [-0.39, 0.29) is 5.91 Å². The molecule has 2 rings (SSSR count). The van der Waals surface area contributed by atoms with Crippen LogP contribution in [0.3, 0.4) is 0 Å². The van der Waals surface area contributed by atoms with Gasteiger partial charge in [0.25, 0.3) is 5.91 Å². The normalized spacial score (nSPS) is 10.6. The lowest BCUT2D eigenvalue weighted by molar-refractivity contribution is -0.654. The molecule has 0 spiro atoms. The van der Waals surface area contributed by atoms with Crippen molar-refractivity contribution in [1.29, 1.82) is 0 Å². The number of nitrogens with zero attached hydrogens (tertiary/aromatic N) is 1. The van der Waals surface area contributed by atoms with Crippen molar-refractivity contribution in [3.63, 3.8) is 0 Å². The summed E-state index contributed by atoms with van der Waals surface area (Å²) in [4.78, 5) is 11.6. The van der Waals surface area contributed by atoms with Crippen molar-refractivity contribution >= 4 is 27.5 Å². The first-order chi connectivity index (χ1) is 7.81. The lowest BCUT2D eigenvalue weighted by Gasteiger charge is -1.98. The van der Waals surface area contributed by atoms with Gasteiger partial charge in [-0.1, -0.05) is 30.4 Å². The molecule has 0 aliphatic rings. The van der Waals surface area contributed by atoms with Crippen LogP contribution in [-0.4, -0.2) is 12.5 Å². The third-order valence-corrected chi connectivity index (χ3v) is 3.33. The number of fused-ring (bicyclic) bond motifs is 1. The Labute approximate surface area is 98.7 Å². The number of carbonyl (C=O) groups excluding carboxylic acids is 1. The first kappa shape index (κ1) is 11.1. The molecule has 1 aromatic carbocycles. The van der Waals surface area contributed by atoms with Crippen molar-refractivity contribution in [3.05, 3.63) is 29.8 Å². The summed E-state index contributed by atoms with van der Waals surface area (Å²) >= 11 is 1.66. The maximum Gasteiger partial charge on any atom is 0.286 e. The number of rotatable bonds is 4. The highest BCUT2D eigenvalue weighted by Gasteiger charge is 2.14. The summed E-state index contributed by atoms with van der Waals surface area (Å²) in [5.74, 6) is 0.0791. The maximum atomic E-state index is 11.6. The van der Waals surface area contributed by atoms with E-state index >= 15 is 0 Å². The maximum absolute atomic E-state index is 11.6. The van der Waals surface area contributed by atoms with Crippen LogP contribution >= 0.6 is 11.3 Å². The molecule has 0 bridgehead atoms. The Hall–Kier alpha value is -1.42. The van der Waals surface area contributed by atoms with E-state index < -0.39 is 0 Å². The summed E-state index contributed by atoms with van der Waals surface area (Å²) in [6, 6.07) is 8.12. The summed E-state index contributed by atoms with van der Waals surface area (Å²) in [6.07, 6.45) is 0.973. The van der Waals surface area contributed by atoms with E-state index in [4.69, 9.17) is 0 Å². The van der Waals surface area contributed by atoms with Gasteiger partial charge in [0, 0.05) is 12.6 Å². The standard InChI is InChI=1S/C12H14N2OS/c1-2-7-13-12(15)8-14-9-16-11-6-4-3-5-10(11)14/h3-6,9H,2,7-8H2,1H3/p+1. The molecule has 1 amide bonds. The molecule has 0 atom stereocenters. The molecule has 3 nitrogen and oxygen atoms in total. The molecule has 84 valence electrons. The Balaban J connectivity index is 2.12. The number of thiazole rings is 1. The van der Waals surface area contributed by atoms with E-state index in [0.29, 0.717) is 6.54 Å².